The molecule has 0 bridgehead atoms. The SMILES string of the molecule is CSCCCNC(=S)Nc1cc(S(=O)(=O)N2CCOCC2)ccc1N1CCCCC1. The van der Waals surface area contributed by atoms with Crippen LogP contribution in [0, 0.1) is 0 Å². The lowest BCUT2D eigenvalue weighted by molar-refractivity contribution is 0.0730. The van der Waals surface area contributed by atoms with Crippen molar-refractivity contribution in [3.05, 3.63) is 18.2 Å². The summed E-state index contributed by atoms with van der Waals surface area (Å²) in [5.74, 6) is 1.07. The van der Waals surface area contributed by atoms with Crippen LogP contribution in [-0.2, 0) is 14.8 Å². The van der Waals surface area contributed by atoms with E-state index in [2.05, 4.69) is 21.8 Å². The highest BCUT2D eigenvalue weighted by Gasteiger charge is 2.27. The van der Waals surface area contributed by atoms with Crippen LogP contribution in [0.1, 0.15) is 25.7 Å². The maximum absolute atomic E-state index is 13.1. The van der Waals surface area contributed by atoms with E-state index in [1.165, 1.54) is 10.7 Å². The van der Waals surface area contributed by atoms with Gasteiger partial charge in [0.15, 0.2) is 5.11 Å². The fraction of sp³-hybridized carbons (Fsp3) is 0.650. The van der Waals surface area contributed by atoms with Crippen LogP contribution in [0.3, 0.4) is 0 Å². The van der Waals surface area contributed by atoms with E-state index in [0.717, 1.165) is 56.0 Å². The summed E-state index contributed by atoms with van der Waals surface area (Å²) < 4.78 is 33.1. The van der Waals surface area contributed by atoms with Gasteiger partial charge in [-0.2, -0.15) is 16.1 Å². The molecule has 168 valence electrons. The average molecular weight is 473 g/mol. The van der Waals surface area contributed by atoms with Crippen molar-refractivity contribution in [3.63, 3.8) is 0 Å². The van der Waals surface area contributed by atoms with E-state index in [4.69, 9.17) is 17.0 Å². The Bertz CT molecular complexity index is 808. The van der Waals surface area contributed by atoms with Crippen molar-refractivity contribution in [1.82, 2.24) is 9.62 Å². The molecule has 0 radical (unpaired) electrons. The summed E-state index contributed by atoms with van der Waals surface area (Å²) in [6.07, 6.45) is 6.63. The minimum absolute atomic E-state index is 0.290. The zero-order valence-corrected chi connectivity index (χ0v) is 20.0. The molecule has 0 spiro atoms. The van der Waals surface area contributed by atoms with Crippen molar-refractivity contribution < 1.29 is 13.2 Å². The molecule has 1 aromatic rings. The summed E-state index contributed by atoms with van der Waals surface area (Å²) in [5.41, 5.74) is 1.75. The monoisotopic (exact) mass is 472 g/mol. The maximum atomic E-state index is 13.1. The van der Waals surface area contributed by atoms with Gasteiger partial charge in [0.1, 0.15) is 0 Å². The second kappa shape index (κ2) is 11.5. The number of ether oxygens (including phenoxy) is 1. The lowest BCUT2D eigenvalue weighted by atomic mass is 10.1. The number of anilines is 2. The number of benzene rings is 1. The first-order chi connectivity index (χ1) is 14.5. The molecule has 2 N–H and O–H groups in total. The summed E-state index contributed by atoms with van der Waals surface area (Å²) in [7, 11) is -3.56. The van der Waals surface area contributed by atoms with Gasteiger partial charge in [0, 0.05) is 32.7 Å². The van der Waals surface area contributed by atoms with Crippen LogP contribution in [0.15, 0.2) is 23.1 Å². The molecule has 0 aliphatic carbocycles. The second-order valence-corrected chi connectivity index (χ2v) is 10.8. The molecule has 10 heteroatoms. The van der Waals surface area contributed by atoms with E-state index < -0.39 is 10.0 Å². The third kappa shape index (κ3) is 6.23. The van der Waals surface area contributed by atoms with E-state index in [1.807, 2.05) is 6.07 Å². The minimum atomic E-state index is -3.56. The van der Waals surface area contributed by atoms with Gasteiger partial charge in [-0.15, -0.1) is 0 Å². The molecule has 2 fully saturated rings. The Morgan fingerprint density at radius 1 is 1.17 bits per heavy atom. The lowest BCUT2D eigenvalue weighted by Crippen LogP contribution is -2.40. The Morgan fingerprint density at radius 2 is 1.90 bits per heavy atom. The molecule has 2 aliphatic heterocycles. The number of nitrogens with one attached hydrogen (secondary N) is 2. The fourth-order valence-electron chi connectivity index (χ4n) is 3.71. The molecule has 0 unspecified atom stereocenters. The number of piperidine rings is 1. The van der Waals surface area contributed by atoms with E-state index in [9.17, 15) is 8.42 Å². The number of hydrogen-bond acceptors (Lipinski definition) is 6. The zero-order valence-electron chi connectivity index (χ0n) is 17.6. The third-order valence-corrected chi connectivity index (χ3v) is 8.17. The zero-order chi connectivity index (χ0) is 21.4. The normalized spacial score (nSPS) is 18.2. The average Bonchev–Trinajstić information content (AvgIpc) is 2.78. The van der Waals surface area contributed by atoms with Gasteiger partial charge in [0.25, 0.3) is 0 Å². The van der Waals surface area contributed by atoms with Gasteiger partial charge < -0.3 is 20.3 Å². The number of nitrogens with zero attached hydrogens (tertiary/aromatic N) is 2. The number of thiocarbonyl (C=S) groups is 1. The minimum Gasteiger partial charge on any atom is -0.379 e. The summed E-state index contributed by atoms with van der Waals surface area (Å²) in [6, 6.07) is 5.36. The molecule has 3 rings (SSSR count). The van der Waals surface area contributed by atoms with Crippen LogP contribution in [0.5, 0.6) is 0 Å². The molecular formula is C20H32N4O3S3. The maximum Gasteiger partial charge on any atom is 0.243 e. The van der Waals surface area contributed by atoms with Crippen LogP contribution in [0.4, 0.5) is 11.4 Å². The molecule has 7 nitrogen and oxygen atoms in total. The lowest BCUT2D eigenvalue weighted by Gasteiger charge is -2.31. The number of thioether (sulfide) groups is 1. The van der Waals surface area contributed by atoms with Gasteiger partial charge >= 0.3 is 0 Å². The van der Waals surface area contributed by atoms with Gasteiger partial charge in [0.2, 0.25) is 10.0 Å². The van der Waals surface area contributed by atoms with E-state index in [0.29, 0.717) is 31.4 Å². The van der Waals surface area contributed by atoms with E-state index in [1.54, 1.807) is 23.9 Å². The van der Waals surface area contributed by atoms with Crippen LogP contribution in [0.25, 0.3) is 0 Å². The fourth-order valence-corrected chi connectivity index (χ4v) is 5.79. The molecule has 1 aromatic carbocycles. The molecule has 0 atom stereocenters. The first-order valence-corrected chi connectivity index (χ1v) is 13.8. The summed E-state index contributed by atoms with van der Waals surface area (Å²) in [4.78, 5) is 2.60. The highest BCUT2D eigenvalue weighted by atomic mass is 32.2. The van der Waals surface area contributed by atoms with Crippen LogP contribution < -0.4 is 15.5 Å². The summed E-state index contributed by atoms with van der Waals surface area (Å²) >= 11 is 7.29. The molecular weight excluding hydrogens is 440 g/mol. The predicted molar refractivity (Wildman–Crippen MR) is 129 cm³/mol. The van der Waals surface area contributed by atoms with Crippen LogP contribution in [-0.4, -0.2) is 75.8 Å². The molecule has 0 amide bonds. The summed E-state index contributed by atoms with van der Waals surface area (Å²) in [6.45, 7) is 4.36. The topological polar surface area (TPSA) is 73.9 Å². The Labute approximate surface area is 190 Å². The van der Waals surface area contributed by atoms with Crippen molar-refractivity contribution >= 4 is 50.5 Å². The van der Waals surface area contributed by atoms with Crippen molar-refractivity contribution in [2.45, 2.75) is 30.6 Å². The molecule has 2 aliphatic rings. The molecule has 30 heavy (non-hydrogen) atoms. The van der Waals surface area contributed by atoms with Gasteiger partial charge in [-0.3, -0.25) is 0 Å². The van der Waals surface area contributed by atoms with Gasteiger partial charge in [-0.05, 0) is 68.1 Å². The highest BCUT2D eigenvalue weighted by Crippen LogP contribution is 2.32. The van der Waals surface area contributed by atoms with Crippen molar-refractivity contribution in [2.24, 2.45) is 0 Å². The standard InChI is InChI=1S/C20H32N4O3S3/c1-29-15-5-8-21-20(28)22-18-16-17(30(25,26)24-11-13-27-14-12-24)6-7-19(18)23-9-3-2-4-10-23/h6-7,16H,2-5,8-15H2,1H3,(H2,21,22,28). The van der Waals surface area contributed by atoms with Crippen LogP contribution >= 0.6 is 24.0 Å². The molecule has 2 heterocycles. The first-order valence-electron chi connectivity index (χ1n) is 10.5. The largest absolute Gasteiger partial charge is 0.379 e. The Kier molecular flexibility index (Phi) is 9.06. The highest BCUT2D eigenvalue weighted by molar-refractivity contribution is 7.98. The third-order valence-electron chi connectivity index (χ3n) is 5.33. The van der Waals surface area contributed by atoms with E-state index >= 15 is 0 Å². The Balaban J connectivity index is 1.82. The number of morpholine rings is 1. The van der Waals surface area contributed by atoms with Crippen LogP contribution in [0.2, 0.25) is 0 Å². The van der Waals surface area contributed by atoms with E-state index in [-0.39, 0.29) is 4.90 Å². The van der Waals surface area contributed by atoms with Gasteiger partial charge in [-0.1, -0.05) is 0 Å². The Hall–Kier alpha value is -1.07. The van der Waals surface area contributed by atoms with Gasteiger partial charge in [0.05, 0.1) is 29.5 Å². The smallest absolute Gasteiger partial charge is 0.243 e. The first kappa shape index (κ1) is 23.6. The van der Waals surface area contributed by atoms with Crippen molar-refractivity contribution in [1.29, 1.82) is 0 Å². The molecule has 2 saturated heterocycles. The Morgan fingerprint density at radius 3 is 2.60 bits per heavy atom. The van der Waals surface area contributed by atoms with Crippen molar-refractivity contribution in [2.75, 3.05) is 68.2 Å². The molecule has 0 saturated carbocycles. The molecule has 0 aromatic heterocycles. The predicted octanol–water partition coefficient (Wildman–Crippen LogP) is 2.74. The summed E-state index contributed by atoms with van der Waals surface area (Å²) in [5, 5.41) is 7.02. The number of sulfonamides is 1. The van der Waals surface area contributed by atoms with Crippen molar-refractivity contribution in [3.8, 4) is 0 Å². The number of hydrogen-bond donors (Lipinski definition) is 2. The van der Waals surface area contributed by atoms with Gasteiger partial charge in [-0.25, -0.2) is 8.42 Å². The second-order valence-electron chi connectivity index (χ2n) is 7.47. The quantitative estimate of drug-likeness (QED) is 0.442. The number of rotatable bonds is 8.